The Labute approximate surface area is 164 Å². The number of nitrogens with one attached hydrogen (secondary N) is 1. The zero-order valence-corrected chi connectivity index (χ0v) is 15.7. The fourth-order valence-corrected chi connectivity index (χ4v) is 3.85. The van der Waals surface area contributed by atoms with Crippen molar-refractivity contribution in [2.24, 2.45) is 0 Å². The van der Waals surface area contributed by atoms with Gasteiger partial charge in [-0.1, -0.05) is 18.2 Å². The number of amides is 1. The molecule has 6 nitrogen and oxygen atoms in total. The number of piperidine rings is 1. The topological polar surface area (TPSA) is 78.4 Å². The summed E-state index contributed by atoms with van der Waals surface area (Å²) in [6.07, 6.45) is 5.25. The number of aliphatic hydroxyl groups excluding tert-OH is 1. The minimum Gasteiger partial charge on any atom is -0.396 e. The summed E-state index contributed by atoms with van der Waals surface area (Å²) in [6, 6.07) is 15.4. The quantitative estimate of drug-likeness (QED) is 0.709. The second-order valence-corrected chi connectivity index (χ2v) is 7.11. The number of rotatable bonds is 5. The molecule has 0 aliphatic carbocycles. The summed E-state index contributed by atoms with van der Waals surface area (Å²) in [5.74, 6) is 0.737. The van der Waals surface area contributed by atoms with Gasteiger partial charge in [-0.2, -0.15) is 0 Å². The Kier molecular flexibility index (Phi) is 5.48. The first-order chi connectivity index (χ1) is 13.8. The van der Waals surface area contributed by atoms with Gasteiger partial charge in [0, 0.05) is 35.8 Å². The van der Waals surface area contributed by atoms with Gasteiger partial charge in [0.1, 0.15) is 12.1 Å². The van der Waals surface area contributed by atoms with Crippen LogP contribution in [0.15, 0.2) is 54.9 Å². The largest absolute Gasteiger partial charge is 0.396 e. The molecule has 0 spiro atoms. The van der Waals surface area contributed by atoms with Crippen molar-refractivity contribution in [1.29, 1.82) is 0 Å². The van der Waals surface area contributed by atoms with Crippen LogP contribution in [0.5, 0.6) is 0 Å². The van der Waals surface area contributed by atoms with Crippen molar-refractivity contribution in [2.45, 2.75) is 31.7 Å². The molecule has 1 aliphatic rings. The molecule has 1 aromatic heterocycles. The van der Waals surface area contributed by atoms with E-state index in [1.165, 1.54) is 6.33 Å². The Morgan fingerprint density at radius 1 is 1.14 bits per heavy atom. The van der Waals surface area contributed by atoms with Gasteiger partial charge in [-0.15, -0.1) is 0 Å². The summed E-state index contributed by atoms with van der Waals surface area (Å²) >= 11 is 0. The van der Waals surface area contributed by atoms with Crippen LogP contribution in [0.4, 0.5) is 11.5 Å². The van der Waals surface area contributed by atoms with Crippen molar-refractivity contribution in [3.05, 3.63) is 60.4 Å². The van der Waals surface area contributed by atoms with E-state index in [0.29, 0.717) is 17.8 Å². The highest BCUT2D eigenvalue weighted by Gasteiger charge is 2.27. The number of nitrogens with zero attached hydrogens (tertiary/aromatic N) is 3. The van der Waals surface area contributed by atoms with E-state index in [-0.39, 0.29) is 18.6 Å². The number of hydrogen-bond acceptors (Lipinski definition) is 5. The Bertz CT molecular complexity index is 968. The smallest absolute Gasteiger partial charge is 0.254 e. The summed E-state index contributed by atoms with van der Waals surface area (Å²) in [5, 5.41) is 13.6. The number of benzene rings is 2. The van der Waals surface area contributed by atoms with Crippen molar-refractivity contribution in [3.8, 4) is 0 Å². The van der Waals surface area contributed by atoms with E-state index < -0.39 is 0 Å². The third-order valence-electron chi connectivity index (χ3n) is 5.27. The molecule has 6 heteroatoms. The van der Waals surface area contributed by atoms with Crippen LogP contribution in [0.2, 0.25) is 0 Å². The number of aromatic nitrogens is 2. The molecule has 1 saturated heterocycles. The van der Waals surface area contributed by atoms with Crippen molar-refractivity contribution < 1.29 is 9.90 Å². The summed E-state index contributed by atoms with van der Waals surface area (Å²) in [5.41, 5.74) is 2.33. The maximum Gasteiger partial charge on any atom is 0.254 e. The first kappa shape index (κ1) is 18.4. The predicted octanol–water partition coefficient (Wildman–Crippen LogP) is 3.75. The molecule has 0 bridgehead atoms. The number of hydrogen-bond donors (Lipinski definition) is 2. The summed E-state index contributed by atoms with van der Waals surface area (Å²) < 4.78 is 0. The van der Waals surface area contributed by atoms with Crippen LogP contribution in [0, 0.1) is 0 Å². The fourth-order valence-electron chi connectivity index (χ4n) is 3.85. The van der Waals surface area contributed by atoms with Crippen LogP contribution in [-0.4, -0.2) is 45.1 Å². The Hall–Kier alpha value is -2.99. The highest BCUT2D eigenvalue weighted by atomic mass is 16.3. The number of para-hydroxylation sites is 1. The average molecular weight is 376 g/mol. The molecule has 1 atom stereocenters. The van der Waals surface area contributed by atoms with Crippen molar-refractivity contribution in [1.82, 2.24) is 14.9 Å². The number of fused-ring (bicyclic) bond motifs is 1. The van der Waals surface area contributed by atoms with Crippen LogP contribution < -0.4 is 5.32 Å². The third kappa shape index (κ3) is 3.82. The van der Waals surface area contributed by atoms with Crippen LogP contribution in [0.3, 0.4) is 0 Å². The minimum atomic E-state index is 0.0225. The van der Waals surface area contributed by atoms with Crippen LogP contribution in [-0.2, 0) is 0 Å². The van der Waals surface area contributed by atoms with Gasteiger partial charge in [-0.05, 0) is 56.0 Å². The maximum atomic E-state index is 13.1. The molecule has 1 fully saturated rings. The van der Waals surface area contributed by atoms with Crippen molar-refractivity contribution >= 4 is 28.3 Å². The molecule has 1 unspecified atom stereocenters. The van der Waals surface area contributed by atoms with E-state index in [1.807, 2.05) is 53.4 Å². The number of carbonyl (C=O) groups excluding carboxylic acids is 1. The van der Waals surface area contributed by atoms with Gasteiger partial charge in [-0.3, -0.25) is 4.79 Å². The highest BCUT2D eigenvalue weighted by Crippen LogP contribution is 2.25. The Balaban J connectivity index is 1.58. The zero-order chi connectivity index (χ0) is 19.3. The zero-order valence-electron chi connectivity index (χ0n) is 15.7. The van der Waals surface area contributed by atoms with Crippen LogP contribution in [0.1, 0.15) is 36.0 Å². The standard InChI is InChI=1S/C22H24N4O2/c27-13-11-18-8-3-4-12-26(18)22(28)16-6-5-7-17(14-16)25-21-19-9-1-2-10-20(19)23-15-24-21/h1-2,5-7,9-10,14-15,18,27H,3-4,8,11-13H2,(H,23,24,25). The SMILES string of the molecule is O=C(c1cccc(Nc2ncnc3ccccc23)c1)N1CCCCC1CCO. The van der Waals surface area contributed by atoms with Gasteiger partial charge in [0.25, 0.3) is 5.91 Å². The van der Waals surface area contributed by atoms with Gasteiger partial charge in [0.2, 0.25) is 0 Å². The maximum absolute atomic E-state index is 13.1. The molecule has 28 heavy (non-hydrogen) atoms. The molecule has 144 valence electrons. The highest BCUT2D eigenvalue weighted by molar-refractivity contribution is 5.96. The van der Waals surface area contributed by atoms with Crippen molar-refractivity contribution in [2.75, 3.05) is 18.5 Å². The first-order valence-electron chi connectivity index (χ1n) is 9.75. The van der Waals surface area contributed by atoms with E-state index in [1.54, 1.807) is 0 Å². The monoisotopic (exact) mass is 376 g/mol. The Morgan fingerprint density at radius 2 is 2.04 bits per heavy atom. The van der Waals surface area contributed by atoms with Gasteiger partial charge in [0.15, 0.2) is 0 Å². The normalized spacial score (nSPS) is 16.9. The van der Waals surface area contributed by atoms with E-state index in [4.69, 9.17) is 0 Å². The lowest BCUT2D eigenvalue weighted by atomic mass is 9.98. The molecule has 1 amide bonds. The molecule has 3 aromatic rings. The third-order valence-corrected chi connectivity index (χ3v) is 5.27. The second-order valence-electron chi connectivity index (χ2n) is 7.11. The van der Waals surface area contributed by atoms with Gasteiger partial charge in [0.05, 0.1) is 5.52 Å². The first-order valence-corrected chi connectivity index (χ1v) is 9.75. The Morgan fingerprint density at radius 3 is 2.93 bits per heavy atom. The van der Waals surface area contributed by atoms with Gasteiger partial charge < -0.3 is 15.3 Å². The van der Waals surface area contributed by atoms with Crippen LogP contribution >= 0.6 is 0 Å². The molecule has 2 heterocycles. The van der Waals surface area contributed by atoms with E-state index in [2.05, 4.69) is 15.3 Å². The summed E-state index contributed by atoms with van der Waals surface area (Å²) in [7, 11) is 0. The molecule has 4 rings (SSSR count). The predicted molar refractivity (Wildman–Crippen MR) is 110 cm³/mol. The van der Waals surface area contributed by atoms with Crippen molar-refractivity contribution in [3.63, 3.8) is 0 Å². The second kappa shape index (κ2) is 8.35. The lowest BCUT2D eigenvalue weighted by molar-refractivity contribution is 0.0574. The summed E-state index contributed by atoms with van der Waals surface area (Å²) in [6.45, 7) is 0.856. The number of likely N-dealkylation sites (tertiary alicyclic amines) is 1. The van der Waals surface area contributed by atoms with E-state index in [9.17, 15) is 9.90 Å². The molecule has 2 aromatic carbocycles. The van der Waals surface area contributed by atoms with Gasteiger partial charge in [-0.25, -0.2) is 9.97 Å². The number of carbonyl (C=O) groups is 1. The molecule has 2 N–H and O–H groups in total. The summed E-state index contributed by atoms with van der Waals surface area (Å²) in [4.78, 5) is 23.6. The average Bonchev–Trinajstić information content (AvgIpc) is 2.74. The number of aliphatic hydroxyl groups is 1. The van der Waals surface area contributed by atoms with E-state index in [0.717, 1.165) is 42.4 Å². The molecule has 0 radical (unpaired) electrons. The lowest BCUT2D eigenvalue weighted by Gasteiger charge is -2.35. The molecular weight excluding hydrogens is 352 g/mol. The van der Waals surface area contributed by atoms with Gasteiger partial charge >= 0.3 is 0 Å². The molecule has 0 saturated carbocycles. The minimum absolute atomic E-state index is 0.0225. The van der Waals surface area contributed by atoms with E-state index >= 15 is 0 Å². The fraction of sp³-hybridized carbons (Fsp3) is 0.318. The number of anilines is 2. The molecular formula is C22H24N4O2. The molecule has 1 aliphatic heterocycles. The lowest BCUT2D eigenvalue weighted by Crippen LogP contribution is -2.44. The van der Waals surface area contributed by atoms with Crippen LogP contribution in [0.25, 0.3) is 10.9 Å².